The predicted octanol–water partition coefficient (Wildman–Crippen LogP) is 4.23. The first-order valence-corrected chi connectivity index (χ1v) is 10.3. The van der Waals surface area contributed by atoms with Gasteiger partial charge in [0.25, 0.3) is 0 Å². The smallest absolute Gasteiger partial charge is 0.231 e. The van der Waals surface area contributed by atoms with Crippen molar-refractivity contribution in [1.82, 2.24) is 14.7 Å². The first-order chi connectivity index (χ1) is 14.1. The van der Waals surface area contributed by atoms with Gasteiger partial charge in [-0.2, -0.15) is 0 Å². The third-order valence-electron chi connectivity index (χ3n) is 5.96. The first kappa shape index (κ1) is 18.3. The Morgan fingerprint density at radius 2 is 1.93 bits per heavy atom. The molecule has 0 bridgehead atoms. The van der Waals surface area contributed by atoms with Gasteiger partial charge in [-0.3, -0.25) is 4.79 Å². The Kier molecular flexibility index (Phi) is 4.59. The van der Waals surface area contributed by atoms with Gasteiger partial charge in [-0.05, 0) is 42.7 Å². The van der Waals surface area contributed by atoms with Crippen LogP contribution < -0.4 is 14.8 Å². The number of rotatable bonds is 4. The van der Waals surface area contributed by atoms with Crippen molar-refractivity contribution >= 4 is 23.2 Å². The summed E-state index contributed by atoms with van der Waals surface area (Å²) >= 11 is 6.05. The van der Waals surface area contributed by atoms with E-state index in [0.717, 1.165) is 60.5 Å². The van der Waals surface area contributed by atoms with Gasteiger partial charge in [-0.25, -0.2) is 4.98 Å². The monoisotopic (exact) mass is 411 g/mol. The Labute approximate surface area is 173 Å². The maximum atomic E-state index is 13.4. The van der Waals surface area contributed by atoms with Crippen molar-refractivity contribution in [1.29, 1.82) is 0 Å². The molecule has 0 unspecified atom stereocenters. The molecule has 1 aliphatic carbocycles. The molecule has 0 atom stereocenters. The molecule has 3 aromatic rings. The van der Waals surface area contributed by atoms with Crippen molar-refractivity contribution < 1.29 is 14.3 Å². The number of nitrogens with one attached hydrogen (secondary N) is 1. The van der Waals surface area contributed by atoms with Gasteiger partial charge in [0, 0.05) is 12.4 Å². The lowest BCUT2D eigenvalue weighted by molar-refractivity contribution is -0.128. The van der Waals surface area contributed by atoms with Crippen LogP contribution in [0.1, 0.15) is 43.4 Å². The van der Waals surface area contributed by atoms with Crippen LogP contribution in [0.15, 0.2) is 42.7 Å². The highest BCUT2D eigenvalue weighted by molar-refractivity contribution is 6.30. The van der Waals surface area contributed by atoms with Crippen LogP contribution in [-0.4, -0.2) is 22.1 Å². The van der Waals surface area contributed by atoms with E-state index in [0.29, 0.717) is 11.6 Å². The molecule has 1 aromatic carbocycles. The molecule has 0 spiro atoms. The second-order valence-corrected chi connectivity index (χ2v) is 8.17. The lowest BCUT2D eigenvalue weighted by atomic mass is 9.68. The van der Waals surface area contributed by atoms with E-state index in [2.05, 4.69) is 10.3 Å². The van der Waals surface area contributed by atoms with Crippen LogP contribution >= 0.6 is 11.6 Å². The third-order valence-corrected chi connectivity index (χ3v) is 6.19. The fraction of sp³-hybridized carbons (Fsp3) is 0.364. The van der Waals surface area contributed by atoms with Crippen LogP contribution in [0.3, 0.4) is 0 Å². The summed E-state index contributed by atoms with van der Waals surface area (Å²) in [6.45, 7) is 0.611. The summed E-state index contributed by atoms with van der Waals surface area (Å²) in [5, 5.41) is 3.78. The van der Waals surface area contributed by atoms with Crippen LogP contribution in [0.2, 0.25) is 5.02 Å². The Morgan fingerprint density at radius 1 is 1.10 bits per heavy atom. The van der Waals surface area contributed by atoms with E-state index < -0.39 is 5.41 Å². The summed E-state index contributed by atoms with van der Waals surface area (Å²) in [7, 11) is 0. The number of carbonyl (C=O) groups is 1. The standard InChI is InChI=1S/C22H22ClN3O3/c23-16-5-7-20-25-17(13-26(20)12-16)11-24-21(27)22(8-2-1-3-9-22)15-4-6-18-19(10-15)29-14-28-18/h4-7,10,12-13H,1-3,8-9,11,14H2,(H,24,27). The molecule has 1 saturated carbocycles. The number of fused-ring (bicyclic) bond motifs is 2. The topological polar surface area (TPSA) is 64.9 Å². The lowest BCUT2D eigenvalue weighted by Crippen LogP contribution is -2.45. The molecule has 1 N–H and O–H groups in total. The summed E-state index contributed by atoms with van der Waals surface area (Å²) in [6, 6.07) is 9.56. The highest BCUT2D eigenvalue weighted by Crippen LogP contribution is 2.43. The minimum atomic E-state index is -0.540. The van der Waals surface area contributed by atoms with E-state index in [9.17, 15) is 4.79 Å². The number of amides is 1. The summed E-state index contributed by atoms with van der Waals surface area (Å²) in [5.41, 5.74) is 2.07. The number of halogens is 1. The average molecular weight is 412 g/mol. The van der Waals surface area contributed by atoms with E-state index in [1.165, 1.54) is 0 Å². The van der Waals surface area contributed by atoms with Crippen LogP contribution in [0, 0.1) is 0 Å². The second kappa shape index (κ2) is 7.26. The van der Waals surface area contributed by atoms with Crippen molar-refractivity contribution in [3.05, 3.63) is 59.0 Å². The average Bonchev–Trinajstić information content (AvgIpc) is 3.37. The third kappa shape index (κ3) is 3.31. The number of hydrogen-bond acceptors (Lipinski definition) is 4. The Morgan fingerprint density at radius 3 is 2.79 bits per heavy atom. The molecule has 5 rings (SSSR count). The molecule has 150 valence electrons. The van der Waals surface area contributed by atoms with E-state index in [1.807, 2.05) is 47.1 Å². The normalized spacial score (nSPS) is 17.4. The Balaban J connectivity index is 1.39. The number of hydrogen-bond donors (Lipinski definition) is 1. The molecule has 1 aliphatic heterocycles. The summed E-state index contributed by atoms with van der Waals surface area (Å²) in [5.74, 6) is 1.51. The number of aromatic nitrogens is 2. The van der Waals surface area contributed by atoms with E-state index in [1.54, 1.807) is 0 Å². The molecular weight excluding hydrogens is 390 g/mol. The van der Waals surface area contributed by atoms with Gasteiger partial charge in [0.1, 0.15) is 5.65 Å². The SMILES string of the molecule is O=C(NCc1cn2cc(Cl)ccc2n1)C1(c2ccc3c(c2)OCO3)CCCCC1. The van der Waals surface area contributed by atoms with Crippen molar-refractivity contribution in [2.75, 3.05) is 6.79 Å². The molecule has 0 radical (unpaired) electrons. The zero-order valence-electron chi connectivity index (χ0n) is 16.0. The maximum absolute atomic E-state index is 13.4. The van der Waals surface area contributed by atoms with Crippen molar-refractivity contribution in [2.24, 2.45) is 0 Å². The number of imidazole rings is 1. The van der Waals surface area contributed by atoms with Crippen molar-refractivity contribution in [2.45, 2.75) is 44.1 Å². The molecule has 2 aliphatic rings. The van der Waals surface area contributed by atoms with Gasteiger partial charge in [0.05, 0.1) is 22.7 Å². The van der Waals surface area contributed by atoms with Crippen LogP contribution in [0.4, 0.5) is 0 Å². The number of ether oxygens (including phenoxy) is 2. The lowest BCUT2D eigenvalue weighted by Gasteiger charge is -2.36. The highest BCUT2D eigenvalue weighted by Gasteiger charge is 2.41. The number of pyridine rings is 1. The minimum absolute atomic E-state index is 0.0474. The number of carbonyl (C=O) groups excluding carboxylic acids is 1. The van der Waals surface area contributed by atoms with Gasteiger partial charge < -0.3 is 19.2 Å². The maximum Gasteiger partial charge on any atom is 0.231 e. The first-order valence-electron chi connectivity index (χ1n) is 9.96. The largest absolute Gasteiger partial charge is 0.454 e. The van der Waals surface area contributed by atoms with E-state index in [-0.39, 0.29) is 12.7 Å². The molecule has 3 heterocycles. The van der Waals surface area contributed by atoms with Crippen molar-refractivity contribution in [3.8, 4) is 11.5 Å². The summed E-state index contributed by atoms with van der Waals surface area (Å²) < 4.78 is 12.9. The van der Waals surface area contributed by atoms with Gasteiger partial charge >= 0.3 is 0 Å². The predicted molar refractivity (Wildman–Crippen MR) is 109 cm³/mol. The van der Waals surface area contributed by atoms with Crippen LogP contribution in [-0.2, 0) is 16.8 Å². The minimum Gasteiger partial charge on any atom is -0.454 e. The quantitative estimate of drug-likeness (QED) is 0.697. The molecule has 6 nitrogen and oxygen atoms in total. The van der Waals surface area contributed by atoms with Crippen LogP contribution in [0.5, 0.6) is 11.5 Å². The summed E-state index contributed by atoms with van der Waals surface area (Å²) in [6.07, 6.45) is 8.61. The fourth-order valence-corrected chi connectivity index (χ4v) is 4.61. The number of nitrogens with zero attached hydrogens (tertiary/aromatic N) is 2. The zero-order chi connectivity index (χ0) is 19.8. The summed E-state index contributed by atoms with van der Waals surface area (Å²) in [4.78, 5) is 18.0. The highest BCUT2D eigenvalue weighted by atomic mass is 35.5. The van der Waals surface area contributed by atoms with E-state index >= 15 is 0 Å². The molecule has 0 saturated heterocycles. The van der Waals surface area contributed by atoms with E-state index in [4.69, 9.17) is 21.1 Å². The Hall–Kier alpha value is -2.73. The second-order valence-electron chi connectivity index (χ2n) is 7.74. The fourth-order valence-electron chi connectivity index (χ4n) is 4.44. The van der Waals surface area contributed by atoms with Gasteiger partial charge in [0.15, 0.2) is 11.5 Å². The molecule has 29 heavy (non-hydrogen) atoms. The molecule has 2 aromatic heterocycles. The Bertz CT molecular complexity index is 1070. The van der Waals surface area contributed by atoms with Gasteiger partial charge in [0.2, 0.25) is 12.7 Å². The molecule has 1 fully saturated rings. The molecule has 7 heteroatoms. The molecule has 1 amide bonds. The van der Waals surface area contributed by atoms with Gasteiger partial charge in [-0.1, -0.05) is 36.9 Å². The van der Waals surface area contributed by atoms with Gasteiger partial charge in [-0.15, -0.1) is 0 Å². The van der Waals surface area contributed by atoms with Crippen molar-refractivity contribution in [3.63, 3.8) is 0 Å². The molecular formula is C22H22ClN3O3. The number of benzene rings is 1. The van der Waals surface area contributed by atoms with Crippen LogP contribution in [0.25, 0.3) is 5.65 Å². The zero-order valence-corrected chi connectivity index (χ0v) is 16.7.